The second-order valence-electron chi connectivity index (χ2n) is 14.9. The maximum absolute atomic E-state index is 14.6. The standard InChI is InChI=1S/C38H53FN6O2/c1-8-44(25(4)5)38(47)33-18-31(39)9-10-34(33)45-23-30(36-26(6)19-40-20-35(36)45)15-28-21-43(22-28)37(24(2)3)29-16-32(17-29)42-13-11-41(12-14-42)27(7)46/h9-10,18-20,23-25,28-29,32,37H,8,11-17,21-22H2,1-7H3/t29-,32-,37?. The molecule has 254 valence electrons. The highest BCUT2D eigenvalue weighted by atomic mass is 19.1. The van der Waals surface area contributed by atoms with Crippen LogP contribution in [-0.4, -0.2) is 105 Å². The van der Waals surface area contributed by atoms with Crippen LogP contribution in [0.25, 0.3) is 16.6 Å². The third kappa shape index (κ3) is 6.58. The fraction of sp³-hybridized carbons (Fsp3) is 0.605. The molecular weight excluding hydrogens is 591 g/mol. The molecular formula is C38H53FN6O2. The molecule has 47 heavy (non-hydrogen) atoms. The topological polar surface area (TPSA) is 64.9 Å². The van der Waals surface area contributed by atoms with Crippen molar-refractivity contribution in [3.8, 4) is 5.69 Å². The molecule has 4 heterocycles. The van der Waals surface area contributed by atoms with Gasteiger partial charge in [-0.1, -0.05) is 13.8 Å². The van der Waals surface area contributed by atoms with Crippen LogP contribution in [0.15, 0.2) is 36.8 Å². The molecule has 2 aromatic heterocycles. The van der Waals surface area contributed by atoms with Crippen molar-refractivity contribution in [2.24, 2.45) is 17.8 Å². The van der Waals surface area contributed by atoms with Crippen LogP contribution in [0.4, 0.5) is 4.39 Å². The van der Waals surface area contributed by atoms with Crippen molar-refractivity contribution in [1.29, 1.82) is 0 Å². The summed E-state index contributed by atoms with van der Waals surface area (Å²) >= 11 is 0. The largest absolute Gasteiger partial charge is 0.340 e. The van der Waals surface area contributed by atoms with Gasteiger partial charge in [0.2, 0.25) is 5.91 Å². The highest BCUT2D eigenvalue weighted by molar-refractivity contribution is 5.99. The summed E-state index contributed by atoms with van der Waals surface area (Å²) in [6.45, 7) is 20.9. The van der Waals surface area contributed by atoms with Crippen molar-refractivity contribution < 1.29 is 14.0 Å². The van der Waals surface area contributed by atoms with E-state index in [1.165, 1.54) is 35.9 Å². The van der Waals surface area contributed by atoms with Crippen molar-refractivity contribution >= 4 is 22.7 Å². The monoisotopic (exact) mass is 644 g/mol. The number of carbonyl (C=O) groups excluding carboxylic acids is 2. The van der Waals surface area contributed by atoms with Gasteiger partial charge in [-0.3, -0.25) is 24.4 Å². The van der Waals surface area contributed by atoms with E-state index < -0.39 is 5.82 Å². The van der Waals surface area contributed by atoms with Crippen LogP contribution in [-0.2, 0) is 11.2 Å². The van der Waals surface area contributed by atoms with Gasteiger partial charge in [-0.2, -0.15) is 0 Å². The smallest absolute Gasteiger partial charge is 0.256 e. The molecule has 0 bridgehead atoms. The lowest BCUT2D eigenvalue weighted by Gasteiger charge is -2.55. The molecule has 1 unspecified atom stereocenters. The van der Waals surface area contributed by atoms with Crippen LogP contribution in [0.5, 0.6) is 0 Å². The van der Waals surface area contributed by atoms with Crippen LogP contribution < -0.4 is 0 Å². The minimum absolute atomic E-state index is 0.00927. The van der Waals surface area contributed by atoms with Gasteiger partial charge in [0.1, 0.15) is 5.82 Å². The van der Waals surface area contributed by atoms with Crippen molar-refractivity contribution in [1.82, 2.24) is 29.2 Å². The Balaban J connectivity index is 1.16. The Bertz CT molecular complexity index is 1600. The van der Waals surface area contributed by atoms with E-state index in [0.29, 0.717) is 41.7 Å². The Morgan fingerprint density at radius 1 is 1.04 bits per heavy atom. The van der Waals surface area contributed by atoms with Crippen LogP contribution in [0.3, 0.4) is 0 Å². The Morgan fingerprint density at radius 2 is 1.74 bits per heavy atom. The lowest BCUT2D eigenvalue weighted by molar-refractivity contribution is -0.131. The molecule has 2 amide bonds. The SMILES string of the molecule is CCN(C(=O)c1cc(F)ccc1-n1cc(CC2CN(C(C(C)C)[C@H]3C[C@H](N4CCN(C(C)=O)CC4)C3)C2)c2c(C)cncc21)C(C)C. The molecule has 1 saturated carbocycles. The van der Waals surface area contributed by atoms with E-state index >= 15 is 0 Å². The second kappa shape index (κ2) is 13.7. The molecule has 1 aromatic carbocycles. The molecule has 3 aromatic rings. The summed E-state index contributed by atoms with van der Waals surface area (Å²) in [5.74, 6) is 1.52. The third-order valence-electron chi connectivity index (χ3n) is 11.2. The number of aryl methyl sites for hydroxylation is 1. The maximum atomic E-state index is 14.6. The Kier molecular flexibility index (Phi) is 9.77. The van der Waals surface area contributed by atoms with Crippen molar-refractivity contribution in [2.45, 2.75) is 85.9 Å². The van der Waals surface area contributed by atoms with Gasteiger partial charge in [0, 0.05) is 88.6 Å². The Labute approximate surface area is 279 Å². The third-order valence-corrected chi connectivity index (χ3v) is 11.2. The van der Waals surface area contributed by atoms with Crippen LogP contribution >= 0.6 is 0 Å². The van der Waals surface area contributed by atoms with E-state index in [1.54, 1.807) is 17.9 Å². The predicted octanol–water partition coefficient (Wildman–Crippen LogP) is 5.79. The second-order valence-corrected chi connectivity index (χ2v) is 14.9. The van der Waals surface area contributed by atoms with Gasteiger partial charge >= 0.3 is 0 Å². The quantitative estimate of drug-likeness (QED) is 0.280. The van der Waals surface area contributed by atoms with Gasteiger partial charge < -0.3 is 14.4 Å². The number of likely N-dealkylation sites (tertiary alicyclic amines) is 1. The molecule has 2 saturated heterocycles. The maximum Gasteiger partial charge on any atom is 0.256 e. The van der Waals surface area contributed by atoms with E-state index in [9.17, 15) is 14.0 Å². The number of benzene rings is 1. The molecule has 3 fully saturated rings. The first-order valence-corrected chi connectivity index (χ1v) is 17.8. The first-order chi connectivity index (χ1) is 22.5. The number of aromatic nitrogens is 2. The van der Waals surface area contributed by atoms with Gasteiger partial charge in [-0.15, -0.1) is 0 Å². The Hall–Kier alpha value is -3.30. The number of amides is 2. The number of fused-ring (bicyclic) bond motifs is 1. The van der Waals surface area contributed by atoms with E-state index in [2.05, 4.69) is 46.3 Å². The average molecular weight is 645 g/mol. The summed E-state index contributed by atoms with van der Waals surface area (Å²) in [5.41, 5.74) is 4.40. The van der Waals surface area contributed by atoms with Gasteiger partial charge in [0.15, 0.2) is 0 Å². The number of pyridine rings is 1. The molecule has 1 aliphatic carbocycles. The first-order valence-electron chi connectivity index (χ1n) is 17.8. The molecule has 6 rings (SSSR count). The number of piperazine rings is 1. The first kappa shape index (κ1) is 33.6. The number of rotatable bonds is 10. The summed E-state index contributed by atoms with van der Waals surface area (Å²) in [4.78, 5) is 39.1. The lowest BCUT2D eigenvalue weighted by Crippen LogP contribution is -2.62. The molecule has 0 N–H and O–H groups in total. The van der Waals surface area contributed by atoms with Gasteiger partial charge in [-0.25, -0.2) is 4.39 Å². The zero-order chi connectivity index (χ0) is 33.6. The number of hydrogen-bond donors (Lipinski definition) is 0. The molecule has 3 aliphatic rings. The van der Waals surface area contributed by atoms with Gasteiger partial charge in [-0.05, 0) is 94.0 Å². The highest BCUT2D eigenvalue weighted by Crippen LogP contribution is 2.42. The summed E-state index contributed by atoms with van der Waals surface area (Å²) in [5, 5.41) is 1.18. The van der Waals surface area contributed by atoms with Gasteiger partial charge in [0.25, 0.3) is 5.91 Å². The molecule has 9 heteroatoms. The average Bonchev–Trinajstić information content (AvgIpc) is 3.36. The predicted molar refractivity (Wildman–Crippen MR) is 185 cm³/mol. The summed E-state index contributed by atoms with van der Waals surface area (Å²) in [7, 11) is 0. The number of nitrogens with zero attached hydrogens (tertiary/aromatic N) is 6. The van der Waals surface area contributed by atoms with E-state index in [4.69, 9.17) is 0 Å². The molecule has 2 aliphatic heterocycles. The van der Waals surface area contributed by atoms with Crippen LogP contribution in [0.1, 0.15) is 75.9 Å². The zero-order valence-corrected chi connectivity index (χ0v) is 29.4. The highest BCUT2D eigenvalue weighted by Gasteiger charge is 2.45. The number of hydrogen-bond acceptors (Lipinski definition) is 5. The Morgan fingerprint density at radius 3 is 2.36 bits per heavy atom. The lowest BCUT2D eigenvalue weighted by atomic mass is 9.69. The number of halogens is 1. The van der Waals surface area contributed by atoms with E-state index in [-0.39, 0.29) is 17.9 Å². The number of carbonyl (C=O) groups is 2. The summed E-state index contributed by atoms with van der Waals surface area (Å²) < 4.78 is 16.6. The van der Waals surface area contributed by atoms with Crippen molar-refractivity contribution in [2.75, 3.05) is 45.8 Å². The zero-order valence-electron chi connectivity index (χ0n) is 29.4. The molecule has 0 radical (unpaired) electrons. The van der Waals surface area contributed by atoms with Gasteiger partial charge in [0.05, 0.1) is 23.0 Å². The molecule has 0 spiro atoms. The fourth-order valence-electron chi connectivity index (χ4n) is 8.75. The minimum atomic E-state index is -0.412. The normalized spacial score (nSPS) is 21.7. The minimum Gasteiger partial charge on any atom is -0.340 e. The fourth-order valence-corrected chi connectivity index (χ4v) is 8.75. The summed E-state index contributed by atoms with van der Waals surface area (Å²) in [6, 6.07) is 5.82. The van der Waals surface area contributed by atoms with E-state index in [0.717, 1.165) is 62.7 Å². The molecule has 1 atom stereocenters. The van der Waals surface area contributed by atoms with E-state index in [1.807, 2.05) is 38.1 Å². The van der Waals surface area contributed by atoms with Crippen LogP contribution in [0, 0.1) is 30.5 Å². The molecule has 8 nitrogen and oxygen atoms in total. The van der Waals surface area contributed by atoms with Crippen LogP contribution in [0.2, 0.25) is 0 Å². The summed E-state index contributed by atoms with van der Waals surface area (Å²) in [6.07, 6.45) is 9.43. The van der Waals surface area contributed by atoms with Crippen molar-refractivity contribution in [3.63, 3.8) is 0 Å². The van der Waals surface area contributed by atoms with Crippen molar-refractivity contribution in [3.05, 3.63) is 59.3 Å².